The Hall–Kier alpha value is -1.73. The van der Waals surface area contributed by atoms with Crippen LogP contribution in [0.5, 0.6) is 0 Å². The molecule has 0 aliphatic heterocycles. The maximum Gasteiger partial charge on any atom is 0.162 e. The molecular formula is C16H19BrN4OS. The third-order valence-electron chi connectivity index (χ3n) is 3.36. The number of nitrogens with zero attached hydrogens (tertiary/aromatic N) is 3. The summed E-state index contributed by atoms with van der Waals surface area (Å²) in [5.41, 5.74) is 2.70. The Morgan fingerprint density at radius 3 is 2.83 bits per heavy atom. The molecule has 0 radical (unpaired) electrons. The van der Waals surface area contributed by atoms with E-state index >= 15 is 0 Å². The van der Waals surface area contributed by atoms with Crippen LogP contribution in [-0.2, 0) is 0 Å². The number of hydrogen-bond acceptors (Lipinski definition) is 5. The molecule has 0 aliphatic carbocycles. The molecule has 122 valence electrons. The topological polar surface area (TPSA) is 57.6 Å². The lowest BCUT2D eigenvalue weighted by Crippen LogP contribution is -2.10. The van der Waals surface area contributed by atoms with Crippen LogP contribution in [0.2, 0.25) is 0 Å². The van der Waals surface area contributed by atoms with E-state index in [9.17, 15) is 4.79 Å². The van der Waals surface area contributed by atoms with Crippen molar-refractivity contribution in [1.29, 1.82) is 0 Å². The predicted molar refractivity (Wildman–Crippen MR) is 103 cm³/mol. The molecule has 0 unspecified atom stereocenters. The number of rotatable bonds is 6. The van der Waals surface area contributed by atoms with Crippen molar-refractivity contribution in [2.75, 3.05) is 19.0 Å². The van der Waals surface area contributed by atoms with Crippen molar-refractivity contribution < 1.29 is 4.79 Å². The van der Waals surface area contributed by atoms with Crippen LogP contribution in [0.25, 0.3) is 10.2 Å². The highest BCUT2D eigenvalue weighted by Gasteiger charge is 2.16. The lowest BCUT2D eigenvalue weighted by atomic mass is 10.2. The quantitative estimate of drug-likeness (QED) is 0.446. The molecule has 5 nitrogen and oxygen atoms in total. The first-order valence-electron chi connectivity index (χ1n) is 7.17. The van der Waals surface area contributed by atoms with Gasteiger partial charge in [-0.25, -0.2) is 9.98 Å². The second-order valence-corrected chi connectivity index (χ2v) is 7.33. The van der Waals surface area contributed by atoms with Gasteiger partial charge in [-0.3, -0.25) is 4.79 Å². The average Bonchev–Trinajstić information content (AvgIpc) is 2.88. The minimum absolute atomic E-state index is 0.581. The van der Waals surface area contributed by atoms with Gasteiger partial charge in [0.05, 0.1) is 28.0 Å². The average molecular weight is 395 g/mol. The van der Waals surface area contributed by atoms with E-state index in [1.165, 1.54) is 11.3 Å². The van der Waals surface area contributed by atoms with Gasteiger partial charge in [-0.1, -0.05) is 22.9 Å². The third-order valence-corrected chi connectivity index (χ3v) is 4.85. The van der Waals surface area contributed by atoms with Crippen LogP contribution in [0.1, 0.15) is 29.9 Å². The molecular weight excluding hydrogens is 376 g/mol. The molecule has 0 aliphatic rings. The number of hydrogen-bond donors (Lipinski definition) is 1. The van der Waals surface area contributed by atoms with E-state index < -0.39 is 0 Å². The Labute approximate surface area is 148 Å². The number of carbonyl (C=O) groups is 1. The lowest BCUT2D eigenvalue weighted by Gasteiger charge is -2.13. The number of allylic oxidation sites excluding steroid dienone is 2. The first kappa shape index (κ1) is 17.6. The fourth-order valence-electron chi connectivity index (χ4n) is 2.21. The van der Waals surface area contributed by atoms with E-state index in [0.29, 0.717) is 10.6 Å². The van der Waals surface area contributed by atoms with Crippen molar-refractivity contribution in [1.82, 2.24) is 10.3 Å². The standard InChI is InChI=1S/C16H19BrN4OS/c1-5-11(10(2)17)19-9-20-15-13(8-22)23-16-14(15)12(21(3)4)6-7-18-16/h6-9H,5H2,1-4H3,(H,19,20)/b11-10-. The highest BCUT2D eigenvalue weighted by Crippen LogP contribution is 2.40. The van der Waals surface area contributed by atoms with Crippen molar-refractivity contribution >= 4 is 61.5 Å². The number of aldehydes is 1. The lowest BCUT2D eigenvalue weighted by molar-refractivity contribution is 0.112. The minimum Gasteiger partial charge on any atom is -0.377 e. The monoisotopic (exact) mass is 394 g/mol. The van der Waals surface area contributed by atoms with Crippen molar-refractivity contribution in [2.24, 2.45) is 4.99 Å². The van der Waals surface area contributed by atoms with Gasteiger partial charge in [0.15, 0.2) is 6.29 Å². The van der Waals surface area contributed by atoms with Gasteiger partial charge in [-0.15, -0.1) is 11.3 Å². The Morgan fingerprint density at radius 2 is 2.26 bits per heavy atom. The fraction of sp³-hybridized carbons (Fsp3) is 0.312. The largest absolute Gasteiger partial charge is 0.377 e. The van der Waals surface area contributed by atoms with E-state index in [-0.39, 0.29) is 0 Å². The number of halogens is 1. The normalized spacial score (nSPS) is 12.6. The molecule has 0 atom stereocenters. The molecule has 23 heavy (non-hydrogen) atoms. The molecule has 2 aromatic heterocycles. The smallest absolute Gasteiger partial charge is 0.162 e. The first-order chi connectivity index (χ1) is 11.0. The summed E-state index contributed by atoms with van der Waals surface area (Å²) in [4.78, 5) is 23.7. The predicted octanol–water partition coefficient (Wildman–Crippen LogP) is 4.46. The van der Waals surface area contributed by atoms with Crippen LogP contribution in [0.4, 0.5) is 11.4 Å². The third kappa shape index (κ3) is 3.79. The number of carbonyl (C=O) groups excluding carboxylic acids is 1. The van der Waals surface area contributed by atoms with Gasteiger partial charge in [0.25, 0.3) is 0 Å². The molecule has 0 saturated carbocycles. The minimum atomic E-state index is 0.581. The highest BCUT2D eigenvalue weighted by molar-refractivity contribution is 9.11. The molecule has 0 amide bonds. The van der Waals surface area contributed by atoms with Gasteiger partial charge in [0, 0.05) is 30.5 Å². The first-order valence-corrected chi connectivity index (χ1v) is 8.78. The molecule has 2 aromatic rings. The number of nitrogens with one attached hydrogen (secondary N) is 1. The summed E-state index contributed by atoms with van der Waals surface area (Å²) in [6.45, 7) is 4.04. The van der Waals surface area contributed by atoms with Crippen LogP contribution in [0.15, 0.2) is 27.4 Å². The Kier molecular flexibility index (Phi) is 5.90. The summed E-state index contributed by atoms with van der Waals surface area (Å²) in [6.07, 6.45) is 5.08. The van der Waals surface area contributed by atoms with Crippen LogP contribution >= 0.6 is 27.3 Å². The van der Waals surface area contributed by atoms with Crippen molar-refractivity contribution in [3.05, 3.63) is 27.3 Å². The number of aromatic nitrogens is 1. The summed E-state index contributed by atoms with van der Waals surface area (Å²) < 4.78 is 1.04. The van der Waals surface area contributed by atoms with E-state index in [0.717, 1.165) is 38.8 Å². The summed E-state index contributed by atoms with van der Waals surface area (Å²) in [6, 6.07) is 1.93. The Morgan fingerprint density at radius 1 is 1.52 bits per heavy atom. The summed E-state index contributed by atoms with van der Waals surface area (Å²) >= 11 is 4.82. The van der Waals surface area contributed by atoms with E-state index in [4.69, 9.17) is 0 Å². The maximum absolute atomic E-state index is 11.4. The SMILES string of the molecule is CC/C(NC=Nc1c(C=O)sc2nccc(N(C)C)c12)=C(\C)Br. The van der Waals surface area contributed by atoms with Gasteiger partial charge in [-0.05, 0) is 19.4 Å². The number of fused-ring (bicyclic) bond motifs is 1. The van der Waals surface area contributed by atoms with Crippen molar-refractivity contribution in [3.63, 3.8) is 0 Å². The van der Waals surface area contributed by atoms with Gasteiger partial charge in [0.2, 0.25) is 0 Å². The highest BCUT2D eigenvalue weighted by atomic mass is 79.9. The van der Waals surface area contributed by atoms with Gasteiger partial charge >= 0.3 is 0 Å². The van der Waals surface area contributed by atoms with Crippen LogP contribution in [0, 0.1) is 0 Å². The van der Waals surface area contributed by atoms with Crippen LogP contribution in [-0.4, -0.2) is 31.7 Å². The number of aliphatic imine (C=N–C) groups is 1. The molecule has 0 fully saturated rings. The second-order valence-electron chi connectivity index (χ2n) is 5.11. The molecule has 7 heteroatoms. The second kappa shape index (κ2) is 7.70. The Balaban J connectivity index is 2.50. The molecule has 0 saturated heterocycles. The van der Waals surface area contributed by atoms with E-state index in [1.54, 1.807) is 12.5 Å². The summed E-state index contributed by atoms with van der Waals surface area (Å²) in [7, 11) is 3.93. The number of pyridine rings is 1. The molecule has 0 spiro atoms. The number of thiophene rings is 1. The van der Waals surface area contributed by atoms with Crippen LogP contribution in [0.3, 0.4) is 0 Å². The number of anilines is 1. The van der Waals surface area contributed by atoms with Gasteiger partial charge in [0.1, 0.15) is 4.83 Å². The molecule has 0 aromatic carbocycles. The zero-order chi connectivity index (χ0) is 17.0. The molecule has 1 N–H and O–H groups in total. The van der Waals surface area contributed by atoms with E-state index in [2.05, 4.69) is 38.1 Å². The Bertz CT molecular complexity index is 776. The summed E-state index contributed by atoms with van der Waals surface area (Å²) in [5.74, 6) is 0. The van der Waals surface area contributed by atoms with E-state index in [1.807, 2.05) is 32.0 Å². The zero-order valence-electron chi connectivity index (χ0n) is 13.6. The maximum atomic E-state index is 11.4. The van der Waals surface area contributed by atoms with Crippen LogP contribution < -0.4 is 10.2 Å². The van der Waals surface area contributed by atoms with Gasteiger partial charge in [-0.2, -0.15) is 0 Å². The zero-order valence-corrected chi connectivity index (χ0v) is 16.0. The fourth-order valence-corrected chi connectivity index (χ4v) is 3.53. The molecule has 2 rings (SSSR count). The van der Waals surface area contributed by atoms with Crippen molar-refractivity contribution in [2.45, 2.75) is 20.3 Å². The summed E-state index contributed by atoms with van der Waals surface area (Å²) in [5, 5.41) is 4.07. The molecule has 2 heterocycles. The molecule has 0 bridgehead atoms. The van der Waals surface area contributed by atoms with Gasteiger partial charge < -0.3 is 10.2 Å². The van der Waals surface area contributed by atoms with Crippen molar-refractivity contribution in [3.8, 4) is 0 Å².